The molecule has 7 nitrogen and oxygen atoms in total. The number of carbonyl (C=O) groups excluding carboxylic acids is 3. The normalized spacial score (nSPS) is 25.4. The van der Waals surface area contributed by atoms with Gasteiger partial charge in [-0.1, -0.05) is 29.8 Å². The monoisotopic (exact) mass is 372 g/mol. The molecule has 2 saturated heterocycles. The molecule has 2 unspecified atom stereocenters. The van der Waals surface area contributed by atoms with E-state index in [0.717, 1.165) is 30.0 Å². The predicted octanol–water partition coefficient (Wildman–Crippen LogP) is 1.27. The zero-order valence-corrected chi connectivity index (χ0v) is 16.0. The quantitative estimate of drug-likeness (QED) is 0.656. The molecule has 1 aromatic carbocycles. The SMILES string of the molecule is Cc1ccc(C2(C)NC(=O)N(CC(=O)NCCC3CCCNC3)C2=O)cc1. The van der Waals surface area contributed by atoms with Crippen LogP contribution in [0.5, 0.6) is 0 Å². The van der Waals surface area contributed by atoms with Crippen molar-refractivity contribution in [3.05, 3.63) is 35.4 Å². The summed E-state index contributed by atoms with van der Waals surface area (Å²) in [6, 6.07) is 6.92. The summed E-state index contributed by atoms with van der Waals surface area (Å²) in [6.45, 7) is 5.98. The summed E-state index contributed by atoms with van der Waals surface area (Å²) in [4.78, 5) is 38.4. The van der Waals surface area contributed by atoms with E-state index in [1.807, 2.05) is 31.2 Å². The van der Waals surface area contributed by atoms with Gasteiger partial charge in [0.15, 0.2) is 0 Å². The molecule has 2 atom stereocenters. The first-order valence-corrected chi connectivity index (χ1v) is 9.59. The summed E-state index contributed by atoms with van der Waals surface area (Å²) >= 11 is 0. The van der Waals surface area contributed by atoms with Gasteiger partial charge in [-0.3, -0.25) is 14.5 Å². The van der Waals surface area contributed by atoms with E-state index in [9.17, 15) is 14.4 Å². The minimum absolute atomic E-state index is 0.255. The van der Waals surface area contributed by atoms with Crippen LogP contribution in [-0.2, 0) is 15.1 Å². The average Bonchev–Trinajstić information content (AvgIpc) is 2.87. The number of benzene rings is 1. The van der Waals surface area contributed by atoms with Gasteiger partial charge in [0.2, 0.25) is 5.91 Å². The summed E-state index contributed by atoms with van der Waals surface area (Å²) in [5.74, 6) is -0.140. The molecule has 0 bridgehead atoms. The molecule has 2 aliphatic rings. The van der Waals surface area contributed by atoms with E-state index < -0.39 is 17.5 Å². The van der Waals surface area contributed by atoms with Crippen LogP contribution in [0.4, 0.5) is 4.79 Å². The minimum Gasteiger partial charge on any atom is -0.355 e. The van der Waals surface area contributed by atoms with Crippen LogP contribution < -0.4 is 16.0 Å². The fourth-order valence-corrected chi connectivity index (χ4v) is 3.71. The molecular formula is C20H28N4O3. The van der Waals surface area contributed by atoms with Gasteiger partial charge in [0.05, 0.1) is 0 Å². The van der Waals surface area contributed by atoms with Crippen molar-refractivity contribution in [3.8, 4) is 0 Å². The van der Waals surface area contributed by atoms with Crippen LogP contribution in [0.2, 0.25) is 0 Å². The maximum atomic E-state index is 12.8. The number of carbonyl (C=O) groups is 3. The van der Waals surface area contributed by atoms with Gasteiger partial charge in [0.1, 0.15) is 12.1 Å². The Morgan fingerprint density at radius 2 is 2.04 bits per heavy atom. The summed E-state index contributed by atoms with van der Waals surface area (Å²) in [5, 5.41) is 8.91. The Bertz CT molecular complexity index is 712. The molecule has 0 radical (unpaired) electrons. The Hall–Kier alpha value is -2.41. The Morgan fingerprint density at radius 1 is 1.30 bits per heavy atom. The zero-order valence-electron chi connectivity index (χ0n) is 16.0. The lowest BCUT2D eigenvalue weighted by molar-refractivity contribution is -0.134. The van der Waals surface area contributed by atoms with Gasteiger partial charge in [-0.05, 0) is 57.7 Å². The van der Waals surface area contributed by atoms with E-state index in [1.54, 1.807) is 6.92 Å². The number of nitrogens with one attached hydrogen (secondary N) is 3. The molecule has 3 N–H and O–H groups in total. The molecule has 27 heavy (non-hydrogen) atoms. The van der Waals surface area contributed by atoms with Crippen LogP contribution in [-0.4, -0.2) is 48.9 Å². The number of hydrogen-bond donors (Lipinski definition) is 3. The number of rotatable bonds is 6. The lowest BCUT2D eigenvalue weighted by Crippen LogP contribution is -2.43. The third-order valence-electron chi connectivity index (χ3n) is 5.48. The van der Waals surface area contributed by atoms with Crippen molar-refractivity contribution < 1.29 is 14.4 Å². The fraction of sp³-hybridized carbons (Fsp3) is 0.550. The lowest BCUT2D eigenvalue weighted by Gasteiger charge is -2.23. The Kier molecular flexibility index (Phi) is 5.79. The highest BCUT2D eigenvalue weighted by Gasteiger charge is 2.49. The summed E-state index contributed by atoms with van der Waals surface area (Å²) < 4.78 is 0. The fourth-order valence-electron chi connectivity index (χ4n) is 3.71. The second-order valence-corrected chi connectivity index (χ2v) is 7.66. The van der Waals surface area contributed by atoms with E-state index in [-0.39, 0.29) is 12.5 Å². The first-order chi connectivity index (χ1) is 12.9. The molecule has 146 valence electrons. The minimum atomic E-state index is -1.14. The standard InChI is InChI=1S/C20H28N4O3/c1-14-5-7-16(8-6-14)20(2)18(26)24(19(27)23-20)13-17(25)22-11-9-15-4-3-10-21-12-15/h5-8,15,21H,3-4,9-13H2,1-2H3,(H,22,25)(H,23,27). The van der Waals surface area contributed by atoms with E-state index in [4.69, 9.17) is 0 Å². The van der Waals surface area contributed by atoms with Crippen molar-refractivity contribution in [2.75, 3.05) is 26.2 Å². The first-order valence-electron chi connectivity index (χ1n) is 9.59. The molecular weight excluding hydrogens is 344 g/mol. The Labute approximate surface area is 159 Å². The van der Waals surface area contributed by atoms with Crippen LogP contribution in [0, 0.1) is 12.8 Å². The van der Waals surface area contributed by atoms with Gasteiger partial charge in [-0.15, -0.1) is 0 Å². The van der Waals surface area contributed by atoms with Gasteiger partial charge in [-0.2, -0.15) is 0 Å². The van der Waals surface area contributed by atoms with Gasteiger partial charge < -0.3 is 16.0 Å². The maximum Gasteiger partial charge on any atom is 0.325 e. The van der Waals surface area contributed by atoms with Crippen molar-refractivity contribution in [2.24, 2.45) is 5.92 Å². The molecule has 3 rings (SSSR count). The lowest BCUT2D eigenvalue weighted by atomic mass is 9.91. The molecule has 7 heteroatoms. The van der Waals surface area contributed by atoms with Crippen molar-refractivity contribution >= 4 is 17.8 Å². The summed E-state index contributed by atoms with van der Waals surface area (Å²) in [5.41, 5.74) is 0.640. The van der Waals surface area contributed by atoms with Crippen LogP contribution in [0.15, 0.2) is 24.3 Å². The zero-order chi connectivity index (χ0) is 19.4. The molecule has 2 fully saturated rings. The van der Waals surface area contributed by atoms with Gasteiger partial charge in [0.25, 0.3) is 5.91 Å². The van der Waals surface area contributed by atoms with Crippen molar-refractivity contribution in [2.45, 2.75) is 38.6 Å². The predicted molar refractivity (Wildman–Crippen MR) is 102 cm³/mol. The van der Waals surface area contributed by atoms with Crippen LogP contribution in [0.1, 0.15) is 37.3 Å². The number of imide groups is 1. The second kappa shape index (κ2) is 8.08. The van der Waals surface area contributed by atoms with E-state index >= 15 is 0 Å². The van der Waals surface area contributed by atoms with Gasteiger partial charge in [-0.25, -0.2) is 4.79 Å². The summed E-state index contributed by atoms with van der Waals surface area (Å²) in [6.07, 6.45) is 3.24. The van der Waals surface area contributed by atoms with E-state index in [2.05, 4.69) is 16.0 Å². The number of hydrogen-bond acceptors (Lipinski definition) is 4. The molecule has 0 saturated carbocycles. The van der Waals surface area contributed by atoms with Gasteiger partial charge >= 0.3 is 6.03 Å². The molecule has 2 aliphatic heterocycles. The Balaban J connectivity index is 1.55. The molecule has 2 heterocycles. The molecule has 4 amide bonds. The molecule has 0 spiro atoms. The smallest absolute Gasteiger partial charge is 0.325 e. The highest BCUT2D eigenvalue weighted by molar-refractivity contribution is 6.09. The van der Waals surface area contributed by atoms with E-state index in [1.165, 1.54) is 12.8 Å². The first kappa shape index (κ1) is 19.4. The number of aryl methyl sites for hydroxylation is 1. The van der Waals surface area contributed by atoms with Crippen LogP contribution in [0.25, 0.3) is 0 Å². The van der Waals surface area contributed by atoms with Gasteiger partial charge in [0, 0.05) is 6.54 Å². The largest absolute Gasteiger partial charge is 0.355 e. The molecule has 0 aliphatic carbocycles. The molecule has 0 aromatic heterocycles. The Morgan fingerprint density at radius 3 is 2.70 bits per heavy atom. The topological polar surface area (TPSA) is 90.5 Å². The summed E-state index contributed by atoms with van der Waals surface area (Å²) in [7, 11) is 0. The van der Waals surface area contributed by atoms with Crippen molar-refractivity contribution in [1.82, 2.24) is 20.9 Å². The number of amides is 4. The van der Waals surface area contributed by atoms with Crippen molar-refractivity contribution in [1.29, 1.82) is 0 Å². The second-order valence-electron chi connectivity index (χ2n) is 7.66. The highest BCUT2D eigenvalue weighted by atomic mass is 16.2. The van der Waals surface area contributed by atoms with Crippen LogP contribution >= 0.6 is 0 Å². The maximum absolute atomic E-state index is 12.8. The van der Waals surface area contributed by atoms with E-state index in [0.29, 0.717) is 18.0 Å². The third-order valence-corrected chi connectivity index (χ3v) is 5.48. The molecule has 1 aromatic rings. The highest BCUT2D eigenvalue weighted by Crippen LogP contribution is 2.28. The number of piperidine rings is 1. The average molecular weight is 372 g/mol. The number of nitrogens with zero attached hydrogens (tertiary/aromatic N) is 1. The number of urea groups is 1. The third kappa shape index (κ3) is 4.30. The van der Waals surface area contributed by atoms with Crippen molar-refractivity contribution in [3.63, 3.8) is 0 Å². The van der Waals surface area contributed by atoms with Crippen LogP contribution in [0.3, 0.4) is 0 Å².